The number of aryl methyl sites for hydroxylation is 1. The fourth-order valence-electron chi connectivity index (χ4n) is 8.59. The molecule has 3 aromatic heterocycles. The van der Waals surface area contributed by atoms with Gasteiger partial charge in [0.1, 0.15) is 0 Å². The Balaban J connectivity index is 1.19. The van der Waals surface area contributed by atoms with Gasteiger partial charge in [0.25, 0.3) is 0 Å². The van der Waals surface area contributed by atoms with Crippen molar-refractivity contribution in [2.75, 3.05) is 0 Å². The van der Waals surface area contributed by atoms with E-state index in [2.05, 4.69) is 89.5 Å². The number of thiophene rings is 1. The highest BCUT2D eigenvalue weighted by atomic mass is 32.1. The van der Waals surface area contributed by atoms with Gasteiger partial charge in [-0.3, -0.25) is 0 Å². The van der Waals surface area contributed by atoms with Crippen LogP contribution in [-0.4, -0.2) is 19.5 Å². The van der Waals surface area contributed by atoms with Crippen LogP contribution in [0.5, 0.6) is 0 Å². The van der Waals surface area contributed by atoms with Gasteiger partial charge in [-0.25, -0.2) is 15.0 Å². The fraction of sp³-hybridized carbons (Fsp3) is 0.0377. The normalized spacial score (nSPS) is 11.9. The molecule has 8 heteroatoms. The zero-order valence-electron chi connectivity index (χ0n) is 32.7. The van der Waals surface area contributed by atoms with Crippen LogP contribution in [0.15, 0.2) is 182 Å². The summed E-state index contributed by atoms with van der Waals surface area (Å²) >= 11 is 1.79. The molecule has 61 heavy (non-hydrogen) atoms. The van der Waals surface area contributed by atoms with Crippen LogP contribution in [0.3, 0.4) is 0 Å². The van der Waals surface area contributed by atoms with E-state index in [9.17, 15) is 13.2 Å². The maximum absolute atomic E-state index is 13.6. The standard InChI is InChI=1S/C53H33F3N4S/c1-32-29-37(53(54,55)56)25-26-38(32)35-23-27-45-42(30-35)40-17-8-10-20-44(40)60(45)46-28-24-36(39-19-12-22-48-49(39)41-18-9-11-21-47(41)61-48)31-43(46)52-58-50(33-13-4-2-5-14-33)57-51(59-52)34-15-6-3-7-16-34/h2-31H,1H3. The number of alkyl halides is 3. The molecule has 0 aliphatic heterocycles. The van der Waals surface area contributed by atoms with Crippen LogP contribution in [0.4, 0.5) is 13.2 Å². The Kier molecular flexibility index (Phi) is 8.65. The lowest BCUT2D eigenvalue weighted by atomic mass is 9.96. The van der Waals surface area contributed by atoms with E-state index in [-0.39, 0.29) is 0 Å². The third-order valence-electron chi connectivity index (χ3n) is 11.4. The molecule has 0 bridgehead atoms. The maximum atomic E-state index is 13.6. The van der Waals surface area contributed by atoms with Crippen molar-refractivity contribution in [2.45, 2.75) is 13.1 Å². The summed E-state index contributed by atoms with van der Waals surface area (Å²) < 4.78 is 45.6. The molecule has 0 aliphatic rings. The smallest absolute Gasteiger partial charge is 0.309 e. The summed E-state index contributed by atoms with van der Waals surface area (Å²) in [5.74, 6) is 1.64. The van der Waals surface area contributed by atoms with Gasteiger partial charge >= 0.3 is 6.18 Å². The van der Waals surface area contributed by atoms with Gasteiger partial charge in [0.2, 0.25) is 0 Å². The average molecular weight is 815 g/mol. The maximum Gasteiger partial charge on any atom is 0.416 e. The topological polar surface area (TPSA) is 43.6 Å². The van der Waals surface area contributed by atoms with Crippen LogP contribution in [0.1, 0.15) is 11.1 Å². The molecule has 0 atom stereocenters. The Morgan fingerprint density at radius 3 is 1.77 bits per heavy atom. The monoisotopic (exact) mass is 814 g/mol. The SMILES string of the molecule is Cc1cc(C(F)(F)F)ccc1-c1ccc2c(c1)c1ccccc1n2-c1ccc(-c2cccc3sc4ccccc4c23)cc1-c1nc(-c2ccccc2)nc(-c2ccccc2)n1. The number of benzene rings is 8. The average Bonchev–Trinajstić information content (AvgIpc) is 3.84. The Morgan fingerprint density at radius 1 is 0.443 bits per heavy atom. The first-order chi connectivity index (χ1) is 29.8. The Hall–Kier alpha value is -7.42. The predicted molar refractivity (Wildman–Crippen MR) is 244 cm³/mol. The number of fused-ring (bicyclic) bond motifs is 6. The van der Waals surface area contributed by atoms with Gasteiger partial charge in [0.15, 0.2) is 17.5 Å². The second-order valence-electron chi connectivity index (χ2n) is 15.2. The molecular formula is C53H33F3N4S. The molecule has 0 amide bonds. The van der Waals surface area contributed by atoms with Crippen molar-refractivity contribution in [1.29, 1.82) is 0 Å². The summed E-state index contributed by atoms with van der Waals surface area (Å²) in [6.45, 7) is 1.73. The predicted octanol–water partition coefficient (Wildman–Crippen LogP) is 15.0. The van der Waals surface area contributed by atoms with Crippen molar-refractivity contribution in [3.05, 3.63) is 193 Å². The number of aromatic nitrogens is 4. The molecule has 292 valence electrons. The molecular weight excluding hydrogens is 782 g/mol. The molecule has 0 aliphatic carbocycles. The van der Waals surface area contributed by atoms with Crippen molar-refractivity contribution in [2.24, 2.45) is 0 Å². The fourth-order valence-corrected chi connectivity index (χ4v) is 9.72. The van der Waals surface area contributed by atoms with Gasteiger partial charge in [-0.2, -0.15) is 13.2 Å². The van der Waals surface area contributed by atoms with Gasteiger partial charge in [-0.15, -0.1) is 11.3 Å². The van der Waals surface area contributed by atoms with E-state index < -0.39 is 11.7 Å². The lowest BCUT2D eigenvalue weighted by Gasteiger charge is -2.17. The molecule has 0 spiro atoms. The summed E-state index contributed by atoms with van der Waals surface area (Å²) in [6.07, 6.45) is -4.42. The number of rotatable bonds is 6. The number of hydrogen-bond donors (Lipinski definition) is 0. The van der Waals surface area contributed by atoms with Gasteiger partial charge < -0.3 is 4.57 Å². The third-order valence-corrected chi connectivity index (χ3v) is 12.6. The van der Waals surface area contributed by atoms with E-state index in [4.69, 9.17) is 15.0 Å². The number of hydrogen-bond acceptors (Lipinski definition) is 4. The Bertz CT molecular complexity index is 3420. The number of nitrogens with zero attached hydrogens (tertiary/aromatic N) is 4. The second-order valence-corrected chi connectivity index (χ2v) is 16.2. The van der Waals surface area contributed by atoms with E-state index in [1.54, 1.807) is 24.3 Å². The van der Waals surface area contributed by atoms with E-state index in [1.807, 2.05) is 78.9 Å². The van der Waals surface area contributed by atoms with Crippen LogP contribution in [0.25, 0.3) is 104 Å². The minimum Gasteiger partial charge on any atom is -0.309 e. The van der Waals surface area contributed by atoms with E-state index >= 15 is 0 Å². The first-order valence-electron chi connectivity index (χ1n) is 19.9. The lowest BCUT2D eigenvalue weighted by molar-refractivity contribution is -0.137. The van der Waals surface area contributed by atoms with Crippen molar-refractivity contribution in [3.8, 4) is 62.1 Å². The minimum absolute atomic E-state index is 0.523. The van der Waals surface area contributed by atoms with Gasteiger partial charge in [0, 0.05) is 47.6 Å². The Labute approximate surface area is 352 Å². The first kappa shape index (κ1) is 36.6. The van der Waals surface area contributed by atoms with Crippen molar-refractivity contribution in [3.63, 3.8) is 0 Å². The molecule has 0 fully saturated rings. The molecule has 0 saturated carbocycles. The molecule has 3 heterocycles. The van der Waals surface area contributed by atoms with Crippen LogP contribution < -0.4 is 0 Å². The highest BCUT2D eigenvalue weighted by molar-refractivity contribution is 7.25. The van der Waals surface area contributed by atoms with Crippen LogP contribution in [-0.2, 0) is 6.18 Å². The molecule has 0 N–H and O–H groups in total. The molecule has 11 aromatic rings. The van der Waals surface area contributed by atoms with Gasteiger partial charge in [-0.05, 0) is 89.3 Å². The first-order valence-corrected chi connectivity index (χ1v) is 20.7. The summed E-state index contributed by atoms with van der Waals surface area (Å²) in [7, 11) is 0. The highest BCUT2D eigenvalue weighted by Gasteiger charge is 2.31. The van der Waals surface area contributed by atoms with E-state index in [0.717, 1.165) is 72.5 Å². The Morgan fingerprint density at radius 2 is 1.05 bits per heavy atom. The molecule has 0 unspecified atom stereocenters. The lowest BCUT2D eigenvalue weighted by Crippen LogP contribution is -2.05. The minimum atomic E-state index is -4.42. The molecule has 0 saturated heterocycles. The van der Waals surface area contributed by atoms with Crippen molar-refractivity contribution < 1.29 is 13.2 Å². The number of halogens is 3. The van der Waals surface area contributed by atoms with Crippen LogP contribution in [0.2, 0.25) is 0 Å². The van der Waals surface area contributed by atoms with E-state index in [0.29, 0.717) is 23.0 Å². The van der Waals surface area contributed by atoms with Crippen LogP contribution >= 0.6 is 11.3 Å². The molecule has 11 rings (SSSR count). The van der Waals surface area contributed by atoms with Crippen molar-refractivity contribution in [1.82, 2.24) is 19.5 Å². The summed E-state index contributed by atoms with van der Waals surface area (Å²) in [6, 6.07) is 59.8. The van der Waals surface area contributed by atoms with Gasteiger partial charge in [-0.1, -0.05) is 127 Å². The number of para-hydroxylation sites is 1. The second kappa shape index (κ2) is 14.4. The van der Waals surface area contributed by atoms with Gasteiger partial charge in [0.05, 0.1) is 22.3 Å². The molecule has 0 radical (unpaired) electrons. The zero-order valence-corrected chi connectivity index (χ0v) is 33.5. The highest BCUT2D eigenvalue weighted by Crippen LogP contribution is 2.44. The summed E-state index contributed by atoms with van der Waals surface area (Å²) in [5.41, 5.74) is 8.98. The third kappa shape index (κ3) is 6.35. The van der Waals surface area contributed by atoms with Crippen LogP contribution in [0, 0.1) is 6.92 Å². The largest absolute Gasteiger partial charge is 0.416 e. The summed E-state index contributed by atoms with van der Waals surface area (Å²) in [4.78, 5) is 15.5. The molecule has 4 nitrogen and oxygen atoms in total. The molecule has 8 aromatic carbocycles. The quantitative estimate of drug-likeness (QED) is 0.168. The zero-order chi connectivity index (χ0) is 41.2. The van der Waals surface area contributed by atoms with Crippen molar-refractivity contribution >= 4 is 53.3 Å². The van der Waals surface area contributed by atoms with E-state index in [1.165, 1.54) is 26.2 Å². The summed E-state index contributed by atoms with van der Waals surface area (Å²) in [5, 5.41) is 4.40.